The Morgan fingerprint density at radius 2 is 1.57 bits per heavy atom. The van der Waals surface area contributed by atoms with Crippen LogP contribution in [0, 0.1) is 5.92 Å². The van der Waals surface area contributed by atoms with Crippen LogP contribution in [0.1, 0.15) is 94.2 Å². The summed E-state index contributed by atoms with van der Waals surface area (Å²) in [5, 5.41) is 22.0. The van der Waals surface area contributed by atoms with Gasteiger partial charge in [0.05, 0.1) is 5.60 Å². The number of carbonyl (C=O) groups is 1. The fourth-order valence-electron chi connectivity index (χ4n) is 9.97. The Bertz CT molecular complexity index is 1540. The summed E-state index contributed by atoms with van der Waals surface area (Å²) in [6.45, 7) is 7.47. The van der Waals surface area contributed by atoms with Crippen LogP contribution in [0.15, 0.2) is 78.9 Å². The zero-order valence-corrected chi connectivity index (χ0v) is 29.6. The minimum absolute atomic E-state index is 0.127. The van der Waals surface area contributed by atoms with Crippen LogP contribution >= 0.6 is 0 Å². The Balaban J connectivity index is 0.000000154. The molecule has 2 aliphatic heterocycles. The summed E-state index contributed by atoms with van der Waals surface area (Å²) < 4.78 is 0. The van der Waals surface area contributed by atoms with E-state index in [-0.39, 0.29) is 17.4 Å². The monoisotopic (exact) mass is 663 g/mol. The van der Waals surface area contributed by atoms with Crippen molar-refractivity contribution in [2.75, 3.05) is 37.6 Å². The molecule has 5 aliphatic rings. The topological polar surface area (TPSA) is 67.2 Å². The number of para-hydroxylation sites is 1. The lowest BCUT2D eigenvalue weighted by Crippen LogP contribution is -2.72. The highest BCUT2D eigenvalue weighted by molar-refractivity contribution is 5.93. The SMILES string of the molecule is CCC(=O)N(c1ccccc1)C1CCN(CCc2ccccc2)CC1.Oc1ccc2c(c1)[C@@]13CCCC[C@@]1(O)[C@@H](C2)N(CC1CCC1)CC3. The van der Waals surface area contributed by atoms with Crippen molar-refractivity contribution in [2.45, 2.75) is 113 Å². The third kappa shape index (κ3) is 6.94. The molecule has 2 saturated carbocycles. The van der Waals surface area contributed by atoms with Crippen molar-refractivity contribution in [3.8, 4) is 5.75 Å². The first-order chi connectivity index (χ1) is 23.9. The summed E-state index contributed by atoms with van der Waals surface area (Å²) in [5.74, 6) is 1.44. The number of hydrogen-bond acceptors (Lipinski definition) is 5. The third-order valence-electron chi connectivity index (χ3n) is 12.9. The summed E-state index contributed by atoms with van der Waals surface area (Å²) in [7, 11) is 0. The van der Waals surface area contributed by atoms with E-state index < -0.39 is 5.60 Å². The van der Waals surface area contributed by atoms with Gasteiger partial charge in [0.2, 0.25) is 5.91 Å². The molecule has 3 aliphatic carbocycles. The molecule has 0 unspecified atom stereocenters. The molecule has 2 saturated heterocycles. The van der Waals surface area contributed by atoms with E-state index in [4.69, 9.17) is 0 Å². The van der Waals surface area contributed by atoms with Gasteiger partial charge in [-0.25, -0.2) is 0 Å². The maximum Gasteiger partial charge on any atom is 0.226 e. The van der Waals surface area contributed by atoms with Crippen LogP contribution < -0.4 is 4.90 Å². The molecule has 0 aromatic heterocycles. The number of phenols is 1. The van der Waals surface area contributed by atoms with Crippen LogP contribution in [-0.2, 0) is 23.1 Å². The van der Waals surface area contributed by atoms with Crippen LogP contribution in [0.3, 0.4) is 0 Å². The van der Waals surface area contributed by atoms with Crippen LogP contribution in [-0.4, -0.2) is 76.3 Å². The van der Waals surface area contributed by atoms with Gasteiger partial charge in [0.1, 0.15) is 5.75 Å². The lowest BCUT2D eigenvalue weighted by atomic mass is 9.49. The van der Waals surface area contributed by atoms with E-state index in [1.165, 1.54) is 48.9 Å². The molecular formula is C43H57N3O3. The number of fused-ring (bicyclic) bond motifs is 1. The number of amides is 1. The Morgan fingerprint density at radius 3 is 2.27 bits per heavy atom. The van der Waals surface area contributed by atoms with Crippen molar-refractivity contribution in [1.82, 2.24) is 9.80 Å². The Kier molecular flexibility index (Phi) is 10.5. The first-order valence-electron chi connectivity index (χ1n) is 19.3. The fourth-order valence-corrected chi connectivity index (χ4v) is 9.97. The number of hydrogen-bond donors (Lipinski definition) is 2. The van der Waals surface area contributed by atoms with Crippen molar-refractivity contribution >= 4 is 11.6 Å². The van der Waals surface area contributed by atoms with E-state index in [0.29, 0.717) is 18.2 Å². The van der Waals surface area contributed by atoms with Gasteiger partial charge in [-0.05, 0) is 111 Å². The van der Waals surface area contributed by atoms with Crippen LogP contribution in [0.25, 0.3) is 0 Å². The summed E-state index contributed by atoms with van der Waals surface area (Å²) >= 11 is 0. The largest absolute Gasteiger partial charge is 0.508 e. The Labute approximate surface area is 294 Å². The van der Waals surface area contributed by atoms with Crippen LogP contribution in [0.2, 0.25) is 0 Å². The van der Waals surface area contributed by atoms with Crippen molar-refractivity contribution in [3.63, 3.8) is 0 Å². The quantitative estimate of drug-likeness (QED) is 0.261. The van der Waals surface area contributed by atoms with E-state index in [9.17, 15) is 15.0 Å². The molecule has 3 atom stereocenters. The molecule has 262 valence electrons. The van der Waals surface area contributed by atoms with E-state index >= 15 is 0 Å². The van der Waals surface area contributed by atoms with Crippen LogP contribution in [0.5, 0.6) is 5.75 Å². The molecule has 1 amide bonds. The van der Waals surface area contributed by atoms with E-state index in [1.54, 1.807) is 0 Å². The number of nitrogens with zero attached hydrogens (tertiary/aromatic N) is 3. The van der Waals surface area contributed by atoms with E-state index in [2.05, 4.69) is 58.3 Å². The molecule has 49 heavy (non-hydrogen) atoms. The molecular weight excluding hydrogens is 606 g/mol. The van der Waals surface area contributed by atoms with Gasteiger partial charge in [0.25, 0.3) is 0 Å². The van der Waals surface area contributed by atoms with Crippen molar-refractivity contribution in [1.29, 1.82) is 0 Å². The second-order valence-corrected chi connectivity index (χ2v) is 15.6. The first kappa shape index (κ1) is 34.3. The van der Waals surface area contributed by atoms with Gasteiger partial charge >= 0.3 is 0 Å². The smallest absolute Gasteiger partial charge is 0.226 e. The average molecular weight is 664 g/mol. The van der Waals surface area contributed by atoms with Gasteiger partial charge in [-0.2, -0.15) is 0 Å². The number of piperidine rings is 2. The number of carbonyl (C=O) groups excluding carboxylic acids is 1. The molecule has 4 fully saturated rings. The number of aromatic hydroxyl groups is 1. The lowest BCUT2D eigenvalue weighted by molar-refractivity contribution is -0.169. The second kappa shape index (κ2) is 15.0. The average Bonchev–Trinajstić information content (AvgIpc) is 3.11. The van der Waals surface area contributed by atoms with Crippen molar-refractivity contribution < 1.29 is 15.0 Å². The summed E-state index contributed by atoms with van der Waals surface area (Å²) in [6, 6.07) is 27.3. The second-order valence-electron chi connectivity index (χ2n) is 15.6. The number of aliphatic hydroxyl groups is 1. The highest BCUT2D eigenvalue weighted by Gasteiger charge is 2.63. The summed E-state index contributed by atoms with van der Waals surface area (Å²) in [4.78, 5) is 19.7. The van der Waals surface area contributed by atoms with Gasteiger partial charge in [-0.3, -0.25) is 9.69 Å². The molecule has 6 nitrogen and oxygen atoms in total. The standard InChI is InChI=1S/C22H28N2O.C21H29NO2/c1-2-22(25)24(20-11-7-4-8-12-20)21-14-17-23(18-15-21)16-13-19-9-5-3-6-10-19;23-17-7-6-16-12-19-21(24)9-2-1-8-20(21,18(16)13-17)10-11-22(19)14-15-4-3-5-15/h3-12,21H,2,13-18H2,1H3;6-7,13,15,19,23-24H,1-5,8-12,14H2/t;19-,20+,21-/m.1/s1. The highest BCUT2D eigenvalue weighted by Crippen LogP contribution is 2.58. The minimum Gasteiger partial charge on any atom is -0.508 e. The van der Waals surface area contributed by atoms with Gasteiger partial charge < -0.3 is 20.0 Å². The molecule has 2 N–H and O–H groups in total. The summed E-state index contributed by atoms with van der Waals surface area (Å²) in [5.41, 5.74) is 4.33. The Morgan fingerprint density at radius 1 is 0.857 bits per heavy atom. The van der Waals surface area contributed by atoms with Crippen molar-refractivity contribution in [3.05, 3.63) is 95.6 Å². The molecule has 2 bridgehead atoms. The third-order valence-corrected chi connectivity index (χ3v) is 12.9. The zero-order valence-electron chi connectivity index (χ0n) is 29.6. The molecule has 0 radical (unpaired) electrons. The maximum atomic E-state index is 12.5. The normalized spacial score (nSPS) is 27.2. The Hall–Kier alpha value is -3.19. The first-order valence-corrected chi connectivity index (χ1v) is 19.3. The molecule has 2 heterocycles. The zero-order chi connectivity index (χ0) is 33.8. The fraction of sp³-hybridized carbons (Fsp3) is 0.558. The number of benzene rings is 3. The number of anilines is 1. The molecule has 8 rings (SSSR count). The number of rotatable bonds is 8. The van der Waals surface area contributed by atoms with Crippen molar-refractivity contribution in [2.24, 2.45) is 5.92 Å². The predicted molar refractivity (Wildman–Crippen MR) is 198 cm³/mol. The molecule has 3 aromatic rings. The van der Waals surface area contributed by atoms with Gasteiger partial charge in [0.15, 0.2) is 0 Å². The summed E-state index contributed by atoms with van der Waals surface area (Å²) in [6.07, 6.45) is 14.2. The van der Waals surface area contributed by atoms with E-state index in [0.717, 1.165) is 89.2 Å². The predicted octanol–water partition coefficient (Wildman–Crippen LogP) is 7.50. The van der Waals surface area contributed by atoms with E-state index in [1.807, 2.05) is 42.2 Å². The maximum absolute atomic E-state index is 12.5. The molecule has 3 aromatic carbocycles. The molecule has 6 heteroatoms. The molecule has 0 spiro atoms. The number of phenolic OH excluding ortho intramolecular Hbond substituents is 1. The van der Waals surface area contributed by atoms with Gasteiger partial charge in [-0.1, -0.05) is 80.8 Å². The lowest BCUT2D eigenvalue weighted by Gasteiger charge is -2.64. The van der Waals surface area contributed by atoms with Gasteiger partial charge in [0, 0.05) is 55.8 Å². The van der Waals surface area contributed by atoms with Crippen LogP contribution in [0.4, 0.5) is 5.69 Å². The van der Waals surface area contributed by atoms with Gasteiger partial charge in [-0.15, -0.1) is 0 Å². The highest BCUT2D eigenvalue weighted by atomic mass is 16.3. The minimum atomic E-state index is -0.603. The number of likely N-dealkylation sites (tertiary alicyclic amines) is 2.